The minimum absolute atomic E-state index is 0.0761. The average molecular weight is 521 g/mol. The van der Waals surface area contributed by atoms with Crippen LogP contribution in [0, 0.1) is 17.8 Å². The fraction of sp³-hybridized carbons (Fsp3) is 0.560. The Bertz CT molecular complexity index is 974. The first-order chi connectivity index (χ1) is 17.2. The first-order valence-corrected chi connectivity index (χ1v) is 12.0. The van der Waals surface area contributed by atoms with Crippen LogP contribution in [-0.4, -0.2) is 59.9 Å². The number of primary amides is 1. The Morgan fingerprint density at radius 1 is 1.11 bits per heavy atom. The maximum absolute atomic E-state index is 13.1. The molecule has 12 nitrogen and oxygen atoms in total. The smallest absolute Gasteiger partial charge is 0.328 e. The molecule has 1 fully saturated rings. The molecule has 1 saturated heterocycles. The van der Waals surface area contributed by atoms with Gasteiger partial charge in [-0.1, -0.05) is 27.4 Å². The maximum Gasteiger partial charge on any atom is 0.328 e. The lowest BCUT2D eigenvalue weighted by atomic mass is 9.92. The third-order valence-electron chi connectivity index (χ3n) is 5.94. The van der Waals surface area contributed by atoms with Crippen LogP contribution in [0.15, 0.2) is 24.4 Å². The molecule has 0 aromatic carbocycles. The quantitative estimate of drug-likeness (QED) is 0.237. The summed E-state index contributed by atoms with van der Waals surface area (Å²) in [6.45, 7) is 9.38. The van der Waals surface area contributed by atoms with E-state index in [0.29, 0.717) is 0 Å². The van der Waals surface area contributed by atoms with Gasteiger partial charge >= 0.3 is 5.97 Å². The zero-order valence-electron chi connectivity index (χ0n) is 21.6. The van der Waals surface area contributed by atoms with Crippen molar-refractivity contribution in [3.05, 3.63) is 24.4 Å². The van der Waals surface area contributed by atoms with Gasteiger partial charge in [-0.25, -0.2) is 4.79 Å². The van der Waals surface area contributed by atoms with Crippen molar-refractivity contribution in [3.63, 3.8) is 0 Å². The Kier molecular flexibility index (Phi) is 12.4. The van der Waals surface area contributed by atoms with Crippen molar-refractivity contribution >= 4 is 41.2 Å². The summed E-state index contributed by atoms with van der Waals surface area (Å²) in [6.07, 6.45) is 1.21. The van der Waals surface area contributed by atoms with Crippen molar-refractivity contribution in [2.45, 2.75) is 65.5 Å². The van der Waals surface area contributed by atoms with Crippen LogP contribution in [0.25, 0.3) is 0 Å². The van der Waals surface area contributed by atoms with Crippen molar-refractivity contribution in [2.75, 3.05) is 6.54 Å². The van der Waals surface area contributed by atoms with E-state index in [9.17, 15) is 33.6 Å². The predicted octanol–water partition coefficient (Wildman–Crippen LogP) is -0.189. The van der Waals surface area contributed by atoms with Gasteiger partial charge in [0.25, 0.3) is 5.91 Å². The summed E-state index contributed by atoms with van der Waals surface area (Å²) in [4.78, 5) is 85.5. The lowest BCUT2D eigenvalue weighted by Gasteiger charge is -2.28. The van der Waals surface area contributed by atoms with Crippen LogP contribution in [0.4, 0.5) is 0 Å². The number of nitrogens with two attached hydrogens (primary N) is 1. The number of amides is 4. The number of ketones is 2. The number of hydrogen-bond acceptors (Lipinski definition) is 8. The minimum Gasteiger partial charge on any atom is -0.460 e. The summed E-state index contributed by atoms with van der Waals surface area (Å²) in [5.41, 5.74) is 4.96. The van der Waals surface area contributed by atoms with E-state index >= 15 is 0 Å². The Hall–Kier alpha value is -3.83. The molecule has 37 heavy (non-hydrogen) atoms. The maximum atomic E-state index is 13.1. The summed E-state index contributed by atoms with van der Waals surface area (Å²) in [6, 6.07) is -1.23. The van der Waals surface area contributed by atoms with E-state index in [4.69, 9.17) is 10.5 Å². The van der Waals surface area contributed by atoms with Gasteiger partial charge in [-0.05, 0) is 38.3 Å². The van der Waals surface area contributed by atoms with Crippen LogP contribution in [0.2, 0.25) is 0 Å². The standard InChI is InChI=1S/C25H36N4O8/c1-13(19(31)9-7-15(3)30)6-10-20-16(4)23(34)28-17(5)24(35)27-12-14(2)22(33)29-18(25(36)37-20)8-11-21(26)32/h7,9,13-14,16,18,20H,5-6,8,10-12H2,1-4H3,(H2,26,32)(H,27,35)(H,28,34)(H,29,33)/b9-7+/t13?,14?,16?,18-,20?/m0/s1. The third kappa shape index (κ3) is 10.8. The second kappa shape index (κ2) is 14.7. The Morgan fingerprint density at radius 2 is 1.76 bits per heavy atom. The third-order valence-corrected chi connectivity index (χ3v) is 5.94. The molecule has 0 aliphatic carbocycles. The number of ether oxygens (including phenoxy) is 1. The lowest BCUT2D eigenvalue weighted by Crippen LogP contribution is -2.49. The molecule has 0 spiro atoms. The summed E-state index contributed by atoms with van der Waals surface area (Å²) >= 11 is 0. The number of nitrogens with one attached hydrogen (secondary N) is 3. The van der Waals surface area contributed by atoms with E-state index in [2.05, 4.69) is 22.5 Å². The molecule has 204 valence electrons. The number of allylic oxidation sites excluding steroid dienone is 2. The summed E-state index contributed by atoms with van der Waals surface area (Å²) < 4.78 is 5.62. The Morgan fingerprint density at radius 3 is 2.35 bits per heavy atom. The average Bonchev–Trinajstić information content (AvgIpc) is 2.83. The van der Waals surface area contributed by atoms with Crippen LogP contribution in [0.1, 0.15) is 53.4 Å². The molecule has 0 radical (unpaired) electrons. The topological polar surface area (TPSA) is 191 Å². The highest BCUT2D eigenvalue weighted by molar-refractivity contribution is 5.99. The normalized spacial score (nSPS) is 24.8. The molecule has 4 unspecified atom stereocenters. The second-order valence-electron chi connectivity index (χ2n) is 9.23. The van der Waals surface area contributed by atoms with Crippen molar-refractivity contribution in [2.24, 2.45) is 23.5 Å². The molecule has 5 atom stereocenters. The summed E-state index contributed by atoms with van der Waals surface area (Å²) in [5, 5.41) is 7.39. The molecule has 1 aliphatic heterocycles. The number of carbonyl (C=O) groups is 7. The first kappa shape index (κ1) is 31.2. The first-order valence-electron chi connectivity index (χ1n) is 12.0. The van der Waals surface area contributed by atoms with Crippen LogP contribution in [0.3, 0.4) is 0 Å². The van der Waals surface area contributed by atoms with Gasteiger partial charge in [0.15, 0.2) is 11.6 Å². The number of hydrogen-bond donors (Lipinski definition) is 4. The number of rotatable bonds is 9. The molecule has 12 heteroatoms. The van der Waals surface area contributed by atoms with Crippen molar-refractivity contribution in [3.8, 4) is 0 Å². The van der Waals surface area contributed by atoms with Gasteiger partial charge < -0.3 is 26.4 Å². The van der Waals surface area contributed by atoms with Gasteiger partial charge in [-0.15, -0.1) is 0 Å². The Labute approximate surface area is 215 Å². The van der Waals surface area contributed by atoms with E-state index < -0.39 is 59.5 Å². The molecule has 1 rings (SSSR count). The molecule has 4 amide bonds. The van der Waals surface area contributed by atoms with Gasteiger partial charge in [0.05, 0.1) is 17.5 Å². The summed E-state index contributed by atoms with van der Waals surface area (Å²) in [5.74, 6) is -6.34. The zero-order chi connectivity index (χ0) is 28.3. The van der Waals surface area contributed by atoms with Gasteiger partial charge in [0.1, 0.15) is 12.1 Å². The molecule has 0 aromatic rings. The van der Waals surface area contributed by atoms with Gasteiger partial charge in [0, 0.05) is 18.9 Å². The van der Waals surface area contributed by atoms with Crippen LogP contribution < -0.4 is 21.7 Å². The van der Waals surface area contributed by atoms with E-state index in [0.717, 1.165) is 6.08 Å². The fourth-order valence-electron chi connectivity index (χ4n) is 3.35. The molecule has 1 aliphatic rings. The molecule has 0 bridgehead atoms. The van der Waals surface area contributed by atoms with Crippen molar-refractivity contribution in [1.29, 1.82) is 0 Å². The lowest BCUT2D eigenvalue weighted by molar-refractivity contribution is -0.158. The fourth-order valence-corrected chi connectivity index (χ4v) is 3.35. The molecule has 1 heterocycles. The van der Waals surface area contributed by atoms with E-state index in [1.54, 1.807) is 6.92 Å². The Balaban J connectivity index is 3.22. The van der Waals surface area contributed by atoms with E-state index in [1.165, 1.54) is 26.8 Å². The summed E-state index contributed by atoms with van der Waals surface area (Å²) in [7, 11) is 0. The second-order valence-corrected chi connectivity index (χ2v) is 9.23. The van der Waals surface area contributed by atoms with Crippen molar-refractivity contribution < 1.29 is 38.3 Å². The van der Waals surface area contributed by atoms with Crippen LogP contribution in [-0.2, 0) is 38.3 Å². The van der Waals surface area contributed by atoms with Crippen molar-refractivity contribution in [1.82, 2.24) is 16.0 Å². The van der Waals surface area contributed by atoms with Crippen LogP contribution in [0.5, 0.6) is 0 Å². The van der Waals surface area contributed by atoms with Gasteiger partial charge in [-0.2, -0.15) is 0 Å². The highest BCUT2D eigenvalue weighted by Gasteiger charge is 2.33. The number of cyclic esters (lactones) is 1. The van der Waals surface area contributed by atoms with E-state index in [1.807, 2.05) is 0 Å². The highest BCUT2D eigenvalue weighted by Crippen LogP contribution is 2.20. The zero-order valence-corrected chi connectivity index (χ0v) is 21.6. The number of carbonyl (C=O) groups excluding carboxylic acids is 7. The number of esters is 1. The molecule has 0 aromatic heterocycles. The SMILES string of the molecule is C=C1NC(=O)C(C)C(CCC(C)C(=O)/C=C/C(C)=O)OC(=O)[C@H](CCC(N)=O)NC(=O)C(C)CNC1=O. The van der Waals surface area contributed by atoms with Gasteiger partial charge in [-0.3, -0.25) is 28.8 Å². The highest BCUT2D eigenvalue weighted by atomic mass is 16.5. The molecular weight excluding hydrogens is 484 g/mol. The predicted molar refractivity (Wildman–Crippen MR) is 132 cm³/mol. The minimum atomic E-state index is -1.23. The van der Waals surface area contributed by atoms with Crippen LogP contribution >= 0.6 is 0 Å². The largest absolute Gasteiger partial charge is 0.460 e. The molecule has 0 saturated carbocycles. The van der Waals surface area contributed by atoms with E-state index in [-0.39, 0.29) is 49.5 Å². The molecular formula is C25H36N4O8. The molecule has 5 N–H and O–H groups in total. The van der Waals surface area contributed by atoms with Gasteiger partial charge in [0.2, 0.25) is 17.7 Å². The monoisotopic (exact) mass is 520 g/mol.